The number of carboxylic acid groups (broad SMARTS) is 1. The average molecular weight is 540 g/mol. The first kappa shape index (κ1) is 28.5. The van der Waals surface area contributed by atoms with Crippen molar-refractivity contribution in [1.82, 2.24) is 4.57 Å². The molecule has 1 atom stereocenters. The van der Waals surface area contributed by atoms with Gasteiger partial charge in [0.15, 0.2) is 0 Å². The van der Waals surface area contributed by atoms with Gasteiger partial charge in [-0.1, -0.05) is 62.4 Å². The normalized spacial score (nSPS) is 12.1. The van der Waals surface area contributed by atoms with Crippen LogP contribution < -0.4 is 5.32 Å². The number of benzene rings is 3. The van der Waals surface area contributed by atoms with Gasteiger partial charge in [0.1, 0.15) is 5.82 Å². The van der Waals surface area contributed by atoms with Crippen molar-refractivity contribution < 1.29 is 24.2 Å². The third kappa shape index (κ3) is 6.74. The predicted molar refractivity (Wildman–Crippen MR) is 156 cm³/mol. The number of halogens is 1. The Hall–Kier alpha value is -4.49. The molecule has 4 aromatic rings. The lowest BCUT2D eigenvalue weighted by Gasteiger charge is -2.14. The molecule has 1 unspecified atom stereocenters. The molecule has 6 nitrogen and oxygen atoms in total. The summed E-state index contributed by atoms with van der Waals surface area (Å²) in [7, 11) is 0. The van der Waals surface area contributed by atoms with Gasteiger partial charge in [-0.2, -0.15) is 0 Å². The molecule has 0 aliphatic heterocycles. The summed E-state index contributed by atoms with van der Waals surface area (Å²) in [5, 5.41) is 22.5. The van der Waals surface area contributed by atoms with Crippen LogP contribution in [0.5, 0.6) is 0 Å². The van der Waals surface area contributed by atoms with Gasteiger partial charge in [0, 0.05) is 29.6 Å². The zero-order valence-corrected chi connectivity index (χ0v) is 22.4. The first-order valence-electron chi connectivity index (χ1n) is 13.1. The molecular formula is C33H32FN2O4. The van der Waals surface area contributed by atoms with Gasteiger partial charge in [0.05, 0.1) is 17.4 Å². The highest BCUT2D eigenvalue weighted by molar-refractivity contribution is 6.12. The number of carbonyl (C=O) groups excluding carboxylic acids is 1. The number of nitrogens with one attached hydrogen (secondary N) is 1. The number of para-hydroxylation sites is 1. The van der Waals surface area contributed by atoms with Gasteiger partial charge in [-0.3, -0.25) is 9.59 Å². The van der Waals surface area contributed by atoms with Crippen LogP contribution in [0.4, 0.5) is 10.1 Å². The number of aliphatic carboxylic acids is 1. The largest absolute Gasteiger partial charge is 0.481 e. The standard InChI is InChI=1S/C33H32FN2O4/c1-22(2)31-30(33(40)35-26-12-7-4-8-13-26)29(23-10-5-3-6-11-23)32(24-16-18-25(34)19-17-24)36(31)21-20-27(37)14-9-15-28(38)39/h3-13,16-22,27,37H,14-15H2,1-2H3,(H,35,40)(H,38,39)/b21-20+. The van der Waals surface area contributed by atoms with Gasteiger partial charge < -0.3 is 20.1 Å². The number of amides is 1. The van der Waals surface area contributed by atoms with E-state index >= 15 is 0 Å². The Bertz CT molecular complexity index is 1480. The summed E-state index contributed by atoms with van der Waals surface area (Å²) in [5.41, 5.74) is 4.69. The fourth-order valence-electron chi connectivity index (χ4n) is 4.69. The lowest BCUT2D eigenvalue weighted by atomic mass is 9.94. The van der Waals surface area contributed by atoms with Gasteiger partial charge >= 0.3 is 5.97 Å². The molecule has 0 fully saturated rings. The minimum Gasteiger partial charge on any atom is -0.481 e. The Kier molecular flexibility index (Phi) is 9.30. The number of hydrogen-bond acceptors (Lipinski definition) is 3. The highest BCUT2D eigenvalue weighted by atomic mass is 19.1. The van der Waals surface area contributed by atoms with Crippen molar-refractivity contribution in [2.45, 2.75) is 38.7 Å². The molecule has 0 aliphatic rings. The molecule has 0 spiro atoms. The molecule has 40 heavy (non-hydrogen) atoms. The maximum atomic E-state index is 14.0. The third-order valence-corrected chi connectivity index (χ3v) is 6.41. The quantitative estimate of drug-likeness (QED) is 0.187. The van der Waals surface area contributed by atoms with Crippen molar-refractivity contribution in [2.24, 2.45) is 0 Å². The Morgan fingerprint density at radius 3 is 2.15 bits per heavy atom. The van der Waals surface area contributed by atoms with E-state index in [0.29, 0.717) is 33.8 Å². The second-order valence-electron chi connectivity index (χ2n) is 9.73. The Morgan fingerprint density at radius 1 is 0.925 bits per heavy atom. The molecule has 7 heteroatoms. The van der Waals surface area contributed by atoms with E-state index in [9.17, 15) is 19.1 Å². The van der Waals surface area contributed by atoms with Crippen molar-refractivity contribution in [3.05, 3.63) is 115 Å². The first-order chi connectivity index (χ1) is 19.3. The lowest BCUT2D eigenvalue weighted by Crippen LogP contribution is -2.15. The summed E-state index contributed by atoms with van der Waals surface area (Å²) >= 11 is 0. The van der Waals surface area contributed by atoms with E-state index in [-0.39, 0.29) is 30.5 Å². The zero-order valence-electron chi connectivity index (χ0n) is 22.4. The number of rotatable bonds is 11. The topological polar surface area (TPSA) is 91.6 Å². The molecule has 4 rings (SSSR count). The Morgan fingerprint density at radius 2 is 1.55 bits per heavy atom. The number of carboxylic acids is 1. The fraction of sp³-hybridized carbons (Fsp3) is 0.182. The average Bonchev–Trinajstić information content (AvgIpc) is 3.29. The lowest BCUT2D eigenvalue weighted by molar-refractivity contribution is -0.136. The van der Waals surface area contributed by atoms with Gasteiger partial charge in [0.25, 0.3) is 5.91 Å². The highest BCUT2D eigenvalue weighted by Gasteiger charge is 2.30. The van der Waals surface area contributed by atoms with Crippen molar-refractivity contribution in [3.63, 3.8) is 0 Å². The van der Waals surface area contributed by atoms with E-state index in [0.717, 1.165) is 5.56 Å². The number of aromatic nitrogens is 1. The van der Waals surface area contributed by atoms with Crippen LogP contribution in [0.15, 0.2) is 91.0 Å². The minimum absolute atomic E-state index is 0.117. The predicted octanol–water partition coefficient (Wildman–Crippen LogP) is 7.24. The van der Waals surface area contributed by atoms with Gasteiger partial charge in [0.2, 0.25) is 0 Å². The number of aliphatic hydroxyl groups is 1. The molecule has 0 bridgehead atoms. The first-order valence-corrected chi connectivity index (χ1v) is 13.1. The molecule has 1 heterocycles. The van der Waals surface area contributed by atoms with Crippen LogP contribution in [0.25, 0.3) is 28.6 Å². The second-order valence-corrected chi connectivity index (χ2v) is 9.73. The maximum absolute atomic E-state index is 14.0. The minimum atomic E-state index is -0.969. The molecule has 205 valence electrons. The summed E-state index contributed by atoms with van der Waals surface area (Å²) in [6, 6.07) is 24.8. The van der Waals surface area contributed by atoms with E-state index in [1.807, 2.05) is 79.1 Å². The Balaban J connectivity index is 1.95. The SMILES string of the molecule is CC(C)c1c(C(=O)Nc2ccccc2)c(-c2ccccc2)c(-c2ccc(F)cc2)n1/C=C/C(O)C[CH]CC(=O)O. The van der Waals surface area contributed by atoms with E-state index in [4.69, 9.17) is 5.11 Å². The Labute approximate surface area is 233 Å². The van der Waals surface area contributed by atoms with Crippen molar-refractivity contribution in [2.75, 3.05) is 5.32 Å². The summed E-state index contributed by atoms with van der Waals surface area (Å²) in [6.07, 6.45) is 3.84. The van der Waals surface area contributed by atoms with Gasteiger partial charge in [-0.05, 0) is 72.4 Å². The molecule has 1 amide bonds. The molecule has 3 aromatic carbocycles. The fourth-order valence-corrected chi connectivity index (χ4v) is 4.69. The number of anilines is 1. The molecule has 1 radical (unpaired) electrons. The summed E-state index contributed by atoms with van der Waals surface area (Å²) in [4.78, 5) is 24.9. The van der Waals surface area contributed by atoms with Crippen LogP contribution in [-0.2, 0) is 4.79 Å². The highest BCUT2D eigenvalue weighted by Crippen LogP contribution is 2.42. The van der Waals surface area contributed by atoms with E-state index < -0.39 is 12.1 Å². The van der Waals surface area contributed by atoms with E-state index in [1.165, 1.54) is 18.6 Å². The van der Waals surface area contributed by atoms with Crippen molar-refractivity contribution in [1.29, 1.82) is 0 Å². The molecule has 0 saturated carbocycles. The number of nitrogens with zero attached hydrogens (tertiary/aromatic N) is 1. The van der Waals surface area contributed by atoms with Crippen LogP contribution in [0.1, 0.15) is 48.7 Å². The molecule has 3 N–H and O–H groups in total. The molecule has 0 aliphatic carbocycles. The van der Waals surface area contributed by atoms with Crippen LogP contribution in [-0.4, -0.2) is 32.8 Å². The van der Waals surface area contributed by atoms with Gasteiger partial charge in [-0.15, -0.1) is 0 Å². The van der Waals surface area contributed by atoms with E-state index in [1.54, 1.807) is 24.4 Å². The van der Waals surface area contributed by atoms with Crippen LogP contribution in [0.2, 0.25) is 0 Å². The van der Waals surface area contributed by atoms with Gasteiger partial charge in [-0.25, -0.2) is 4.39 Å². The third-order valence-electron chi connectivity index (χ3n) is 6.41. The number of hydrogen-bond donors (Lipinski definition) is 3. The molecule has 1 aromatic heterocycles. The van der Waals surface area contributed by atoms with Crippen molar-refractivity contribution >= 4 is 23.8 Å². The molecular weight excluding hydrogens is 507 g/mol. The number of aliphatic hydroxyl groups excluding tert-OH is 1. The summed E-state index contributed by atoms with van der Waals surface area (Å²) in [5.74, 6) is -1.76. The second kappa shape index (κ2) is 13.0. The summed E-state index contributed by atoms with van der Waals surface area (Å²) < 4.78 is 15.9. The van der Waals surface area contributed by atoms with Crippen LogP contribution in [0.3, 0.4) is 0 Å². The number of carbonyl (C=O) groups is 2. The molecule has 0 saturated heterocycles. The van der Waals surface area contributed by atoms with E-state index in [2.05, 4.69) is 5.32 Å². The van der Waals surface area contributed by atoms with Crippen LogP contribution >= 0.6 is 0 Å². The maximum Gasteiger partial charge on any atom is 0.303 e. The smallest absolute Gasteiger partial charge is 0.303 e. The monoisotopic (exact) mass is 539 g/mol. The van der Waals surface area contributed by atoms with Crippen molar-refractivity contribution in [3.8, 4) is 22.4 Å². The summed E-state index contributed by atoms with van der Waals surface area (Å²) in [6.45, 7) is 3.97. The van der Waals surface area contributed by atoms with Crippen LogP contribution in [0, 0.1) is 12.2 Å². The zero-order chi connectivity index (χ0) is 28.6.